The van der Waals surface area contributed by atoms with E-state index >= 15 is 0 Å². The first-order valence-corrected chi connectivity index (χ1v) is 47.8. The average Bonchev–Trinajstić information content (AvgIpc) is 1.64. The fourth-order valence-electron chi connectivity index (χ4n) is 14.8. The summed E-state index contributed by atoms with van der Waals surface area (Å²) >= 11 is 1.07. The molecule has 0 spiro atoms. The van der Waals surface area contributed by atoms with Gasteiger partial charge in [-0.2, -0.15) is 0 Å². The molecular formula is C98H170N2Pd. The van der Waals surface area contributed by atoms with Gasteiger partial charge < -0.3 is 5.53 Å². The van der Waals surface area contributed by atoms with Crippen LogP contribution in [0.4, 0.5) is 0 Å². The van der Waals surface area contributed by atoms with Crippen molar-refractivity contribution >= 4 is 11.4 Å². The molecule has 1 heterocycles. The van der Waals surface area contributed by atoms with Gasteiger partial charge in [0.2, 0.25) is 11.4 Å². The van der Waals surface area contributed by atoms with Gasteiger partial charge in [-0.25, -0.2) is 4.70 Å². The molecule has 0 unspecified atom stereocenters. The van der Waals surface area contributed by atoms with E-state index in [1.54, 1.807) is 0 Å². The van der Waals surface area contributed by atoms with E-state index in [1.807, 2.05) is 0 Å². The Labute approximate surface area is 641 Å². The van der Waals surface area contributed by atoms with Crippen LogP contribution in [-0.4, -0.2) is 4.70 Å². The maximum atomic E-state index is 12.3. The number of unbranched alkanes of at least 4 members (excludes halogenated alkanes) is 59. The predicted octanol–water partition coefficient (Wildman–Crippen LogP) is 34.5. The number of allylic oxidation sites excluding steroid dienone is 2. The monoisotopic (exact) mass is 1480 g/mol. The van der Waals surface area contributed by atoms with E-state index in [0.717, 1.165) is 96.6 Å². The van der Waals surface area contributed by atoms with Crippen LogP contribution < -0.4 is 0 Å². The van der Waals surface area contributed by atoms with Gasteiger partial charge in [0.05, 0.1) is 0 Å². The minimum atomic E-state index is 0.900. The second-order valence-corrected chi connectivity index (χ2v) is 33.9. The molecule has 101 heavy (non-hydrogen) atoms. The van der Waals surface area contributed by atoms with Crippen LogP contribution in [0, 0.1) is 23.7 Å². The van der Waals surface area contributed by atoms with Gasteiger partial charge in [-0.3, -0.25) is 0 Å². The Morgan fingerprint density at radius 1 is 0.267 bits per heavy atom. The standard InChI is InChI=1S/C84H140N2.2C7H15.Pd/c1-6-11-16-18-20-22-24-26-28-30-32-34-36-38-40-42-44-46-48-50-52-54-56-58-60-62-66-78-70-79(67-63-61-59-57-55-53-51-49-47-45-43-41-39-37-35-33-31-29-27-25-23-21-19-17-12-7-2)74-82(73-78)84-80(68-15-10-5)75-83(86(84)85)81-71-76(64-13-8-3)69-77(72-81)65-14-9-4;2*1-3-5-7-6-4-2;/h69-75H,6-61,64-65,68H2,1-5H3;2*1,3-7H2,2H3;. The Bertz CT molecular complexity index is 2240. The maximum absolute atomic E-state index is 12.3. The van der Waals surface area contributed by atoms with E-state index in [4.69, 9.17) is 0 Å². The number of aryl methyl sites for hydroxylation is 2. The summed E-state index contributed by atoms with van der Waals surface area (Å²) in [5.41, 5.74) is 22.3. The summed E-state index contributed by atoms with van der Waals surface area (Å²) < 4.78 is 1.51. The molecular weight excluding hydrogens is 1310 g/mol. The van der Waals surface area contributed by atoms with Gasteiger partial charge in [-0.15, -0.1) is 0 Å². The van der Waals surface area contributed by atoms with Gasteiger partial charge in [0.1, 0.15) is 0 Å². The first kappa shape index (κ1) is 94.4. The molecule has 2 aromatic carbocycles. The van der Waals surface area contributed by atoms with Crippen LogP contribution in [0.1, 0.15) is 512 Å². The zero-order valence-electron chi connectivity index (χ0n) is 69.0. The molecule has 0 fully saturated rings. The van der Waals surface area contributed by atoms with Crippen molar-refractivity contribution < 1.29 is 22.7 Å². The molecule has 3 rings (SSSR count). The Kier molecular flexibility index (Phi) is 69.3. The van der Waals surface area contributed by atoms with E-state index in [2.05, 4.69) is 115 Å². The van der Waals surface area contributed by atoms with Crippen LogP contribution in [0.25, 0.3) is 16.9 Å². The normalized spacial score (nSPS) is 12.1. The molecule has 0 amide bonds. The van der Waals surface area contributed by atoms with Gasteiger partial charge >= 0.3 is 106 Å². The van der Waals surface area contributed by atoms with E-state index < -0.39 is 0 Å². The molecule has 0 atom stereocenters. The zero-order chi connectivity index (χ0) is 72.5. The van der Waals surface area contributed by atoms with E-state index in [-0.39, 0.29) is 0 Å². The summed E-state index contributed by atoms with van der Waals surface area (Å²) in [7, 11) is 0. The Morgan fingerprint density at radius 3 is 0.812 bits per heavy atom. The third kappa shape index (κ3) is 56.3. The van der Waals surface area contributed by atoms with Crippen molar-refractivity contribution in [3.8, 4) is 23.7 Å². The molecule has 1 aliphatic heterocycles. The van der Waals surface area contributed by atoms with Crippen molar-refractivity contribution in [2.75, 3.05) is 0 Å². The number of nitrogens with zero attached hydrogens (tertiary/aromatic N) is 2. The van der Waals surface area contributed by atoms with Gasteiger partial charge in [-0.1, -0.05) is 379 Å². The number of hydrogen-bond acceptors (Lipinski definition) is 0. The summed E-state index contributed by atoms with van der Waals surface area (Å²) in [4.78, 5) is 3.07. The van der Waals surface area contributed by atoms with Crippen molar-refractivity contribution in [3.63, 3.8) is 0 Å². The van der Waals surface area contributed by atoms with E-state index in [1.165, 1.54) is 429 Å². The van der Waals surface area contributed by atoms with Gasteiger partial charge in [0.15, 0.2) is 0 Å². The first-order chi connectivity index (χ1) is 50.0. The van der Waals surface area contributed by atoms with Crippen LogP contribution >= 0.6 is 0 Å². The average molecular weight is 1480 g/mol. The Morgan fingerprint density at radius 2 is 0.525 bits per heavy atom. The topological polar surface area (TPSA) is 25.3 Å². The minimum absolute atomic E-state index is 0.900. The van der Waals surface area contributed by atoms with Gasteiger partial charge in [0, 0.05) is 46.7 Å². The summed E-state index contributed by atoms with van der Waals surface area (Å²) in [6, 6.07) is 13.8. The van der Waals surface area contributed by atoms with Gasteiger partial charge in [0.25, 0.3) is 0 Å². The molecule has 0 radical (unpaired) electrons. The van der Waals surface area contributed by atoms with Crippen LogP contribution in [0.3, 0.4) is 0 Å². The molecule has 0 bridgehead atoms. The SMILES string of the molecule is CCCCCCCCCCCCCCCCCCCCCCCCCCC#Cc1cc(C#CCCCCCCCCCCCCCCCCCCCCCCCCCC)cc(C2=C(CCCC)C=C(c3cc(CCCC)cc(CCCC)c3)[N+]2=[N-])c1.CCCCCC[CH2][Pd][CH2]CCCCCC. The number of rotatable bonds is 71. The second-order valence-electron chi connectivity index (χ2n) is 31.5. The predicted molar refractivity (Wildman–Crippen MR) is 451 cm³/mol. The van der Waals surface area contributed by atoms with Crippen molar-refractivity contribution in [1.29, 1.82) is 0 Å². The second kappa shape index (κ2) is 74.2. The molecule has 0 aromatic heterocycles. The van der Waals surface area contributed by atoms with Crippen molar-refractivity contribution in [3.05, 3.63) is 87.0 Å². The molecule has 0 saturated heterocycles. The van der Waals surface area contributed by atoms with E-state index in [9.17, 15) is 5.53 Å². The zero-order valence-corrected chi connectivity index (χ0v) is 70.5. The van der Waals surface area contributed by atoms with Crippen LogP contribution in [0.2, 0.25) is 9.79 Å². The molecule has 0 N–H and O–H groups in total. The molecule has 2 nitrogen and oxygen atoms in total. The Hall–Kier alpha value is -2.70. The van der Waals surface area contributed by atoms with Gasteiger partial charge in [-0.05, 0) is 92.8 Å². The van der Waals surface area contributed by atoms with Crippen molar-refractivity contribution in [1.82, 2.24) is 0 Å². The molecule has 3 heteroatoms. The quantitative estimate of drug-likeness (QED) is 0.0273. The third-order valence-electron chi connectivity index (χ3n) is 21.5. The fourth-order valence-corrected chi connectivity index (χ4v) is 16.7. The molecule has 0 saturated carbocycles. The van der Waals surface area contributed by atoms with E-state index in [0.29, 0.717) is 0 Å². The summed E-state index contributed by atoms with van der Waals surface area (Å²) in [6.07, 6.45) is 96.7. The van der Waals surface area contributed by atoms with Crippen LogP contribution in [0.15, 0.2) is 48.0 Å². The number of hydrogen-bond donors (Lipinski definition) is 0. The summed E-state index contributed by atoms with van der Waals surface area (Å²) in [6.45, 7) is 16.0. The fraction of sp³-hybridized carbons (Fsp3) is 0.796. The summed E-state index contributed by atoms with van der Waals surface area (Å²) in [5.74, 6) is 14.4. The van der Waals surface area contributed by atoms with Crippen molar-refractivity contribution in [2.45, 2.75) is 501 Å². The summed E-state index contributed by atoms with van der Waals surface area (Å²) in [5, 5.41) is 0. The molecule has 0 aliphatic carbocycles. The molecule has 1 aliphatic rings. The molecule has 2 aromatic rings. The first-order valence-electron chi connectivity index (χ1n) is 45.6. The molecule has 582 valence electrons. The number of benzene rings is 2. The third-order valence-corrected chi connectivity index (χ3v) is 23.7. The van der Waals surface area contributed by atoms with Crippen LogP contribution in [-0.2, 0) is 30.8 Å². The van der Waals surface area contributed by atoms with Crippen molar-refractivity contribution in [2.24, 2.45) is 0 Å². The Balaban J connectivity index is 0.00000205. The van der Waals surface area contributed by atoms with Crippen LogP contribution in [0.5, 0.6) is 0 Å².